The third-order valence-corrected chi connectivity index (χ3v) is 3.96. The number of fused-ring (bicyclic) bond motifs is 1. The minimum Gasteiger partial charge on any atom is -0.363 e. The first-order chi connectivity index (χ1) is 10.8. The summed E-state index contributed by atoms with van der Waals surface area (Å²) in [5.41, 5.74) is 9.26. The topological polar surface area (TPSA) is 64.3 Å². The Bertz CT molecular complexity index is 648. The highest BCUT2D eigenvalue weighted by Gasteiger charge is 2.27. The minimum atomic E-state index is -0.534. The van der Waals surface area contributed by atoms with Crippen molar-refractivity contribution >= 4 is 18.3 Å². The number of ether oxygens (including phenoxy) is 1. The second kappa shape index (κ2) is 8.11. The Morgan fingerprint density at radius 2 is 1.87 bits per heavy atom. The lowest BCUT2D eigenvalue weighted by Crippen LogP contribution is -2.37. The first-order valence-electron chi connectivity index (χ1n) is 7.53. The number of amides is 1. The fourth-order valence-electron chi connectivity index (χ4n) is 2.73. The average molecular weight is 333 g/mol. The molecule has 23 heavy (non-hydrogen) atoms. The number of benzene rings is 2. The summed E-state index contributed by atoms with van der Waals surface area (Å²) >= 11 is 0. The Kier molecular flexibility index (Phi) is 6.16. The number of rotatable bonds is 4. The third kappa shape index (κ3) is 4.10. The van der Waals surface area contributed by atoms with E-state index in [1.165, 1.54) is 5.56 Å². The molecule has 0 saturated carbocycles. The maximum atomic E-state index is 12.4. The van der Waals surface area contributed by atoms with E-state index in [-0.39, 0.29) is 24.4 Å². The van der Waals surface area contributed by atoms with Crippen LogP contribution >= 0.6 is 12.4 Å². The molecule has 0 aliphatic carbocycles. The standard InChI is InChI=1S/C18H20N2O2.ClH/c19-16(14-7-2-1-3-8-14)12-20-18(21)17-15-9-5-4-6-13(15)10-11-22-17;/h1-9,16-17H,10-12,19H2,(H,20,21);1H. The van der Waals surface area contributed by atoms with Crippen molar-refractivity contribution < 1.29 is 9.53 Å². The third-order valence-electron chi connectivity index (χ3n) is 3.96. The number of nitrogens with one attached hydrogen (secondary N) is 1. The molecule has 0 saturated heterocycles. The molecule has 5 heteroatoms. The molecule has 122 valence electrons. The van der Waals surface area contributed by atoms with Crippen molar-refractivity contribution in [3.63, 3.8) is 0 Å². The number of halogens is 1. The zero-order valence-corrected chi connectivity index (χ0v) is 13.6. The molecular weight excluding hydrogens is 312 g/mol. The summed E-state index contributed by atoms with van der Waals surface area (Å²) in [5, 5.41) is 2.90. The molecule has 0 fully saturated rings. The highest BCUT2D eigenvalue weighted by molar-refractivity contribution is 5.85. The number of carbonyl (C=O) groups is 1. The van der Waals surface area contributed by atoms with Crippen LogP contribution in [0, 0.1) is 0 Å². The van der Waals surface area contributed by atoms with E-state index < -0.39 is 6.10 Å². The van der Waals surface area contributed by atoms with E-state index in [4.69, 9.17) is 10.5 Å². The van der Waals surface area contributed by atoms with Gasteiger partial charge in [-0.25, -0.2) is 0 Å². The van der Waals surface area contributed by atoms with Crippen LogP contribution in [0.4, 0.5) is 0 Å². The van der Waals surface area contributed by atoms with Crippen LogP contribution in [0.2, 0.25) is 0 Å². The van der Waals surface area contributed by atoms with Crippen molar-refractivity contribution in [1.82, 2.24) is 5.32 Å². The van der Waals surface area contributed by atoms with Crippen LogP contribution in [-0.4, -0.2) is 19.1 Å². The molecule has 2 aromatic carbocycles. The van der Waals surface area contributed by atoms with Gasteiger partial charge in [0.1, 0.15) is 0 Å². The predicted molar refractivity (Wildman–Crippen MR) is 92.5 cm³/mol. The Morgan fingerprint density at radius 3 is 2.65 bits per heavy atom. The molecule has 1 aliphatic rings. The normalized spacial score (nSPS) is 17.5. The molecule has 0 radical (unpaired) electrons. The van der Waals surface area contributed by atoms with Crippen LogP contribution in [0.15, 0.2) is 54.6 Å². The lowest BCUT2D eigenvalue weighted by atomic mass is 9.97. The van der Waals surface area contributed by atoms with Gasteiger partial charge in [-0.3, -0.25) is 4.79 Å². The SMILES string of the molecule is Cl.NC(CNC(=O)C1OCCc2ccccc21)c1ccccc1. The number of hydrogen-bond acceptors (Lipinski definition) is 3. The molecule has 1 heterocycles. The Hall–Kier alpha value is -1.88. The van der Waals surface area contributed by atoms with E-state index in [9.17, 15) is 4.79 Å². The molecule has 3 N–H and O–H groups in total. The van der Waals surface area contributed by atoms with Crippen molar-refractivity contribution in [3.8, 4) is 0 Å². The van der Waals surface area contributed by atoms with Gasteiger partial charge < -0.3 is 15.8 Å². The van der Waals surface area contributed by atoms with Crippen molar-refractivity contribution in [2.24, 2.45) is 5.73 Å². The molecule has 0 bridgehead atoms. The van der Waals surface area contributed by atoms with E-state index in [0.717, 1.165) is 17.5 Å². The summed E-state index contributed by atoms with van der Waals surface area (Å²) in [5.74, 6) is -0.126. The summed E-state index contributed by atoms with van der Waals surface area (Å²) in [6.45, 7) is 0.963. The van der Waals surface area contributed by atoms with Gasteiger partial charge in [-0.05, 0) is 23.1 Å². The van der Waals surface area contributed by atoms with E-state index in [0.29, 0.717) is 13.2 Å². The lowest BCUT2D eigenvalue weighted by molar-refractivity contribution is -0.134. The summed E-state index contributed by atoms with van der Waals surface area (Å²) in [6, 6.07) is 17.5. The molecular formula is C18H21ClN2O2. The van der Waals surface area contributed by atoms with E-state index >= 15 is 0 Å². The minimum absolute atomic E-state index is 0. The monoisotopic (exact) mass is 332 g/mol. The Balaban J connectivity index is 0.00000192. The van der Waals surface area contributed by atoms with Crippen molar-refractivity contribution in [3.05, 3.63) is 71.3 Å². The fourth-order valence-corrected chi connectivity index (χ4v) is 2.73. The first-order valence-corrected chi connectivity index (χ1v) is 7.53. The van der Waals surface area contributed by atoms with Crippen LogP contribution in [0.25, 0.3) is 0 Å². The smallest absolute Gasteiger partial charge is 0.253 e. The molecule has 0 aromatic heterocycles. The van der Waals surface area contributed by atoms with E-state index in [1.807, 2.05) is 54.6 Å². The molecule has 4 nitrogen and oxygen atoms in total. The van der Waals surface area contributed by atoms with Crippen LogP contribution in [0.3, 0.4) is 0 Å². The van der Waals surface area contributed by atoms with E-state index in [1.54, 1.807) is 0 Å². The van der Waals surface area contributed by atoms with Crippen molar-refractivity contribution in [1.29, 1.82) is 0 Å². The van der Waals surface area contributed by atoms with Gasteiger partial charge in [0.15, 0.2) is 6.10 Å². The van der Waals surface area contributed by atoms with Gasteiger partial charge in [0.2, 0.25) is 0 Å². The summed E-state index contributed by atoms with van der Waals surface area (Å²) < 4.78 is 5.65. The van der Waals surface area contributed by atoms with Crippen molar-refractivity contribution in [2.45, 2.75) is 18.6 Å². The van der Waals surface area contributed by atoms with Crippen LogP contribution in [0.5, 0.6) is 0 Å². The van der Waals surface area contributed by atoms with Crippen LogP contribution in [-0.2, 0) is 16.0 Å². The largest absolute Gasteiger partial charge is 0.363 e. The maximum Gasteiger partial charge on any atom is 0.253 e. The first kappa shape index (κ1) is 17.5. The number of carbonyl (C=O) groups excluding carboxylic acids is 1. The fraction of sp³-hybridized carbons (Fsp3) is 0.278. The van der Waals surface area contributed by atoms with Crippen LogP contribution < -0.4 is 11.1 Å². The molecule has 3 rings (SSSR count). The zero-order valence-electron chi connectivity index (χ0n) is 12.8. The second-order valence-corrected chi connectivity index (χ2v) is 5.46. The molecule has 2 atom stereocenters. The summed E-state index contributed by atoms with van der Waals surface area (Å²) in [7, 11) is 0. The second-order valence-electron chi connectivity index (χ2n) is 5.46. The Morgan fingerprint density at radius 1 is 1.17 bits per heavy atom. The molecule has 1 aliphatic heterocycles. The van der Waals surface area contributed by atoms with E-state index in [2.05, 4.69) is 5.32 Å². The van der Waals surface area contributed by atoms with Crippen LogP contribution in [0.1, 0.15) is 28.8 Å². The van der Waals surface area contributed by atoms with Gasteiger partial charge >= 0.3 is 0 Å². The van der Waals surface area contributed by atoms with Gasteiger partial charge in [0.25, 0.3) is 5.91 Å². The Labute approximate surface area is 142 Å². The van der Waals surface area contributed by atoms with Gasteiger partial charge in [-0.2, -0.15) is 0 Å². The van der Waals surface area contributed by atoms with Crippen molar-refractivity contribution in [2.75, 3.05) is 13.2 Å². The summed E-state index contributed by atoms with van der Waals surface area (Å²) in [4.78, 5) is 12.4. The molecule has 2 unspecified atom stereocenters. The van der Waals surface area contributed by atoms with Gasteiger partial charge in [-0.15, -0.1) is 12.4 Å². The zero-order chi connectivity index (χ0) is 15.4. The van der Waals surface area contributed by atoms with Gasteiger partial charge in [0, 0.05) is 12.6 Å². The summed E-state index contributed by atoms with van der Waals surface area (Å²) in [6.07, 6.45) is 0.316. The highest BCUT2D eigenvalue weighted by Crippen LogP contribution is 2.27. The molecule has 2 aromatic rings. The number of hydrogen-bond donors (Lipinski definition) is 2. The quantitative estimate of drug-likeness (QED) is 0.904. The van der Waals surface area contributed by atoms with Gasteiger partial charge in [0.05, 0.1) is 6.61 Å². The number of nitrogens with two attached hydrogens (primary N) is 1. The molecule has 1 amide bonds. The highest BCUT2D eigenvalue weighted by atomic mass is 35.5. The molecule has 0 spiro atoms. The average Bonchev–Trinajstić information content (AvgIpc) is 2.59. The lowest BCUT2D eigenvalue weighted by Gasteiger charge is -2.25. The maximum absolute atomic E-state index is 12.4. The predicted octanol–water partition coefficient (Wildman–Crippen LogP) is 2.54. The van der Waals surface area contributed by atoms with Gasteiger partial charge in [-0.1, -0.05) is 54.6 Å².